The zero-order chi connectivity index (χ0) is 13.2. The van der Waals surface area contributed by atoms with Gasteiger partial charge in [0, 0.05) is 12.1 Å². The van der Waals surface area contributed by atoms with Gasteiger partial charge in [-0.05, 0) is 63.1 Å². The highest BCUT2D eigenvalue weighted by molar-refractivity contribution is 5.29. The lowest BCUT2D eigenvalue weighted by molar-refractivity contribution is 0.241. The fraction of sp³-hybridized carbons (Fsp3) is 0.647. The molecule has 3 atom stereocenters. The standard InChI is InChI=1S/C17H25NO/c1-12(2)19-15-9-6-14(7-10-15)17-11-8-13-4-3-5-16(13)18-17/h6-7,9-10,12-13,16-18H,3-5,8,11H2,1-2H3. The van der Waals surface area contributed by atoms with Crippen LogP contribution in [-0.2, 0) is 0 Å². The first kappa shape index (κ1) is 13.0. The van der Waals surface area contributed by atoms with E-state index in [1.165, 1.54) is 37.7 Å². The van der Waals surface area contributed by atoms with Crippen molar-refractivity contribution < 1.29 is 4.74 Å². The summed E-state index contributed by atoms with van der Waals surface area (Å²) in [5.41, 5.74) is 1.42. The molecule has 2 nitrogen and oxygen atoms in total. The molecule has 0 radical (unpaired) electrons. The van der Waals surface area contributed by atoms with Gasteiger partial charge >= 0.3 is 0 Å². The second-order valence-corrected chi connectivity index (χ2v) is 6.33. The molecule has 1 saturated heterocycles. The Morgan fingerprint density at radius 3 is 2.58 bits per heavy atom. The van der Waals surface area contributed by atoms with E-state index < -0.39 is 0 Å². The van der Waals surface area contributed by atoms with Crippen molar-refractivity contribution in [1.29, 1.82) is 0 Å². The van der Waals surface area contributed by atoms with Crippen LogP contribution in [0.1, 0.15) is 57.6 Å². The van der Waals surface area contributed by atoms with Gasteiger partial charge in [0.05, 0.1) is 6.10 Å². The summed E-state index contributed by atoms with van der Waals surface area (Å²) in [4.78, 5) is 0. The first-order chi connectivity index (χ1) is 9.22. The zero-order valence-corrected chi connectivity index (χ0v) is 12.1. The minimum absolute atomic E-state index is 0.248. The number of benzene rings is 1. The van der Waals surface area contributed by atoms with Gasteiger partial charge in [0.1, 0.15) is 5.75 Å². The number of piperidine rings is 1. The Morgan fingerprint density at radius 1 is 1.05 bits per heavy atom. The Morgan fingerprint density at radius 2 is 1.84 bits per heavy atom. The minimum atomic E-state index is 0.248. The number of fused-ring (bicyclic) bond motifs is 1. The van der Waals surface area contributed by atoms with Gasteiger partial charge in [-0.25, -0.2) is 0 Å². The summed E-state index contributed by atoms with van der Waals surface area (Å²) in [5, 5.41) is 3.85. The van der Waals surface area contributed by atoms with Crippen LogP contribution < -0.4 is 10.1 Å². The largest absolute Gasteiger partial charge is 0.491 e. The van der Waals surface area contributed by atoms with Crippen LogP contribution in [0.2, 0.25) is 0 Å². The van der Waals surface area contributed by atoms with Crippen LogP contribution in [0.4, 0.5) is 0 Å². The van der Waals surface area contributed by atoms with E-state index in [0.29, 0.717) is 6.04 Å². The van der Waals surface area contributed by atoms with Crippen LogP contribution in [0.3, 0.4) is 0 Å². The molecule has 1 aliphatic heterocycles. The van der Waals surface area contributed by atoms with Gasteiger partial charge < -0.3 is 10.1 Å². The third-order valence-corrected chi connectivity index (χ3v) is 4.55. The molecule has 3 unspecified atom stereocenters. The first-order valence-electron chi connectivity index (χ1n) is 7.75. The number of rotatable bonds is 3. The maximum Gasteiger partial charge on any atom is 0.119 e. The summed E-state index contributed by atoms with van der Waals surface area (Å²) < 4.78 is 5.71. The number of hydrogen-bond donors (Lipinski definition) is 1. The molecule has 19 heavy (non-hydrogen) atoms. The van der Waals surface area contributed by atoms with Crippen molar-refractivity contribution in [1.82, 2.24) is 5.32 Å². The molecule has 1 aromatic carbocycles. The number of hydrogen-bond acceptors (Lipinski definition) is 2. The molecular formula is C17H25NO. The molecule has 104 valence electrons. The lowest BCUT2D eigenvalue weighted by Gasteiger charge is -2.34. The topological polar surface area (TPSA) is 21.3 Å². The molecule has 2 fully saturated rings. The van der Waals surface area contributed by atoms with Crippen LogP contribution in [-0.4, -0.2) is 12.1 Å². The first-order valence-corrected chi connectivity index (χ1v) is 7.75. The highest BCUT2D eigenvalue weighted by Crippen LogP contribution is 2.38. The molecule has 0 bridgehead atoms. The third kappa shape index (κ3) is 2.94. The van der Waals surface area contributed by atoms with Crippen LogP contribution in [0.25, 0.3) is 0 Å². The van der Waals surface area contributed by atoms with Gasteiger partial charge in [-0.3, -0.25) is 0 Å². The molecule has 0 spiro atoms. The van der Waals surface area contributed by atoms with Gasteiger partial charge in [-0.2, -0.15) is 0 Å². The van der Waals surface area contributed by atoms with E-state index in [0.717, 1.165) is 17.7 Å². The van der Waals surface area contributed by atoms with E-state index in [4.69, 9.17) is 4.74 Å². The van der Waals surface area contributed by atoms with Crippen LogP contribution >= 0.6 is 0 Å². The summed E-state index contributed by atoms with van der Waals surface area (Å²) in [6, 6.07) is 9.99. The lowest BCUT2D eigenvalue weighted by Crippen LogP contribution is -2.40. The summed E-state index contributed by atoms with van der Waals surface area (Å²) in [7, 11) is 0. The van der Waals surface area contributed by atoms with Crippen LogP contribution in [0, 0.1) is 5.92 Å². The number of ether oxygens (including phenoxy) is 1. The van der Waals surface area contributed by atoms with Crippen molar-refractivity contribution in [2.75, 3.05) is 0 Å². The number of nitrogens with one attached hydrogen (secondary N) is 1. The summed E-state index contributed by atoms with van der Waals surface area (Å²) in [5.74, 6) is 1.92. The monoisotopic (exact) mass is 259 g/mol. The smallest absolute Gasteiger partial charge is 0.119 e. The van der Waals surface area contributed by atoms with Crippen LogP contribution in [0.15, 0.2) is 24.3 Å². The molecule has 0 amide bonds. The van der Waals surface area contributed by atoms with E-state index >= 15 is 0 Å². The Balaban J connectivity index is 1.65. The Hall–Kier alpha value is -1.02. The minimum Gasteiger partial charge on any atom is -0.491 e. The second-order valence-electron chi connectivity index (χ2n) is 6.33. The van der Waals surface area contributed by atoms with Gasteiger partial charge in [0.2, 0.25) is 0 Å². The molecule has 1 aromatic rings. The average molecular weight is 259 g/mol. The molecule has 1 heterocycles. The summed E-state index contributed by atoms with van der Waals surface area (Å²) >= 11 is 0. The Labute approximate surface area is 116 Å². The van der Waals surface area contributed by atoms with Crippen molar-refractivity contribution in [2.45, 2.75) is 64.1 Å². The van der Waals surface area contributed by atoms with E-state index in [-0.39, 0.29) is 6.10 Å². The van der Waals surface area contributed by atoms with Crippen molar-refractivity contribution in [3.8, 4) is 5.75 Å². The van der Waals surface area contributed by atoms with Crippen molar-refractivity contribution in [3.63, 3.8) is 0 Å². The molecule has 2 aliphatic rings. The quantitative estimate of drug-likeness (QED) is 0.883. The van der Waals surface area contributed by atoms with Gasteiger partial charge in [0.15, 0.2) is 0 Å². The Kier molecular flexibility index (Phi) is 3.79. The summed E-state index contributed by atoms with van der Waals surface area (Å²) in [6.45, 7) is 4.13. The zero-order valence-electron chi connectivity index (χ0n) is 12.1. The molecule has 2 heteroatoms. The maximum absolute atomic E-state index is 5.71. The molecule has 1 aliphatic carbocycles. The molecule has 3 rings (SSSR count). The molecule has 1 saturated carbocycles. The lowest BCUT2D eigenvalue weighted by atomic mass is 9.87. The normalized spacial score (nSPS) is 30.4. The third-order valence-electron chi connectivity index (χ3n) is 4.55. The van der Waals surface area contributed by atoms with Crippen molar-refractivity contribution in [2.24, 2.45) is 5.92 Å². The molecule has 0 aromatic heterocycles. The second kappa shape index (κ2) is 5.54. The fourth-order valence-corrected chi connectivity index (χ4v) is 3.64. The van der Waals surface area contributed by atoms with E-state index in [1.54, 1.807) is 0 Å². The van der Waals surface area contributed by atoms with Gasteiger partial charge in [-0.1, -0.05) is 18.6 Å². The maximum atomic E-state index is 5.71. The molecular weight excluding hydrogens is 234 g/mol. The molecule has 1 N–H and O–H groups in total. The predicted molar refractivity (Wildman–Crippen MR) is 78.4 cm³/mol. The van der Waals surface area contributed by atoms with E-state index in [2.05, 4.69) is 43.4 Å². The average Bonchev–Trinajstić information content (AvgIpc) is 2.86. The Bertz CT molecular complexity index is 412. The fourth-order valence-electron chi connectivity index (χ4n) is 3.64. The predicted octanol–water partition coefficient (Wildman–Crippen LogP) is 4.07. The van der Waals surface area contributed by atoms with Crippen molar-refractivity contribution >= 4 is 0 Å². The SMILES string of the molecule is CC(C)Oc1ccc(C2CCC3CCCC3N2)cc1. The van der Waals surface area contributed by atoms with Crippen LogP contribution in [0.5, 0.6) is 5.75 Å². The highest BCUT2D eigenvalue weighted by atomic mass is 16.5. The van der Waals surface area contributed by atoms with E-state index in [1.807, 2.05) is 0 Å². The highest BCUT2D eigenvalue weighted by Gasteiger charge is 2.33. The van der Waals surface area contributed by atoms with Crippen molar-refractivity contribution in [3.05, 3.63) is 29.8 Å². The van der Waals surface area contributed by atoms with Gasteiger partial charge in [0.25, 0.3) is 0 Å². The van der Waals surface area contributed by atoms with Gasteiger partial charge in [-0.15, -0.1) is 0 Å². The summed E-state index contributed by atoms with van der Waals surface area (Å²) in [6.07, 6.45) is 7.15. The van der Waals surface area contributed by atoms with E-state index in [9.17, 15) is 0 Å².